The lowest BCUT2D eigenvalue weighted by atomic mass is 10.2. The Hall–Kier alpha value is -1.03. The topological polar surface area (TPSA) is 12.0 Å². The summed E-state index contributed by atoms with van der Waals surface area (Å²) in [5, 5.41) is 3.80. The summed E-state index contributed by atoms with van der Waals surface area (Å²) in [6.07, 6.45) is 0. The van der Waals surface area contributed by atoms with Crippen molar-refractivity contribution in [2.45, 2.75) is 16.3 Å². The van der Waals surface area contributed by atoms with Crippen LogP contribution in [0.15, 0.2) is 52.3 Å². The third kappa shape index (κ3) is 3.48. The summed E-state index contributed by atoms with van der Waals surface area (Å²) < 4.78 is 13.1. The van der Waals surface area contributed by atoms with E-state index in [0.29, 0.717) is 5.02 Å². The van der Waals surface area contributed by atoms with E-state index < -0.39 is 0 Å². The molecule has 0 amide bonds. The summed E-state index contributed by atoms with van der Waals surface area (Å²) in [5.74, 6) is -0.225. The molecule has 2 rings (SSSR count). The van der Waals surface area contributed by atoms with Crippen molar-refractivity contribution < 1.29 is 4.39 Å². The second-order valence-corrected chi connectivity index (χ2v) is 5.39. The first-order valence-corrected chi connectivity index (χ1v) is 6.75. The molecule has 0 aliphatic carbocycles. The van der Waals surface area contributed by atoms with Crippen LogP contribution in [0.3, 0.4) is 0 Å². The van der Waals surface area contributed by atoms with Gasteiger partial charge in [-0.3, -0.25) is 0 Å². The van der Waals surface area contributed by atoms with Gasteiger partial charge in [0.2, 0.25) is 0 Å². The molecular formula is C14H13ClFNS. The van der Waals surface area contributed by atoms with E-state index in [0.717, 1.165) is 21.9 Å². The van der Waals surface area contributed by atoms with E-state index in [-0.39, 0.29) is 5.82 Å². The third-order valence-electron chi connectivity index (χ3n) is 2.42. The first-order chi connectivity index (χ1) is 8.69. The highest BCUT2D eigenvalue weighted by atomic mass is 35.5. The van der Waals surface area contributed by atoms with Crippen molar-refractivity contribution in [1.82, 2.24) is 5.32 Å². The molecule has 18 heavy (non-hydrogen) atoms. The highest BCUT2D eigenvalue weighted by molar-refractivity contribution is 7.99. The molecule has 0 aromatic heterocycles. The van der Waals surface area contributed by atoms with E-state index in [4.69, 9.17) is 11.6 Å². The van der Waals surface area contributed by atoms with Crippen LogP contribution >= 0.6 is 23.4 Å². The SMILES string of the molecule is CNCc1ccc(Cl)cc1Sc1cccc(F)c1. The van der Waals surface area contributed by atoms with Gasteiger partial charge < -0.3 is 5.32 Å². The predicted octanol–water partition coefficient (Wildman–Crippen LogP) is 4.35. The van der Waals surface area contributed by atoms with Crippen molar-refractivity contribution in [3.63, 3.8) is 0 Å². The quantitative estimate of drug-likeness (QED) is 0.894. The number of hydrogen-bond donors (Lipinski definition) is 1. The fraction of sp³-hybridized carbons (Fsp3) is 0.143. The van der Waals surface area contributed by atoms with Crippen molar-refractivity contribution in [2.24, 2.45) is 0 Å². The number of nitrogens with one attached hydrogen (secondary N) is 1. The Morgan fingerprint density at radius 3 is 2.78 bits per heavy atom. The van der Waals surface area contributed by atoms with Gasteiger partial charge in [-0.1, -0.05) is 35.5 Å². The molecule has 1 nitrogen and oxygen atoms in total. The van der Waals surface area contributed by atoms with Crippen molar-refractivity contribution in [3.05, 3.63) is 58.9 Å². The van der Waals surface area contributed by atoms with Gasteiger partial charge in [-0.2, -0.15) is 0 Å². The van der Waals surface area contributed by atoms with E-state index in [1.165, 1.54) is 23.9 Å². The van der Waals surface area contributed by atoms with Gasteiger partial charge in [0.1, 0.15) is 5.82 Å². The van der Waals surface area contributed by atoms with Crippen LogP contribution in [0.25, 0.3) is 0 Å². The van der Waals surface area contributed by atoms with Gasteiger partial charge >= 0.3 is 0 Å². The molecule has 2 aromatic rings. The predicted molar refractivity (Wildman–Crippen MR) is 74.7 cm³/mol. The number of halogens is 2. The summed E-state index contributed by atoms with van der Waals surface area (Å²) in [6.45, 7) is 0.759. The fourth-order valence-corrected chi connectivity index (χ4v) is 2.88. The van der Waals surface area contributed by atoms with Crippen LogP contribution in [-0.2, 0) is 6.54 Å². The van der Waals surface area contributed by atoms with E-state index in [9.17, 15) is 4.39 Å². The summed E-state index contributed by atoms with van der Waals surface area (Å²) in [7, 11) is 1.89. The Bertz CT molecular complexity index is 545. The second kappa shape index (κ2) is 6.23. The molecule has 0 atom stereocenters. The minimum Gasteiger partial charge on any atom is -0.316 e. The Balaban J connectivity index is 2.29. The van der Waals surface area contributed by atoms with Gasteiger partial charge in [0.15, 0.2) is 0 Å². The molecule has 2 aromatic carbocycles. The standard InChI is InChI=1S/C14H13ClFNS/c1-17-9-10-5-6-11(15)7-14(10)18-13-4-2-3-12(16)8-13/h2-8,17H,9H2,1H3. The summed E-state index contributed by atoms with van der Waals surface area (Å²) in [5.41, 5.74) is 1.15. The van der Waals surface area contributed by atoms with Crippen molar-refractivity contribution >= 4 is 23.4 Å². The van der Waals surface area contributed by atoms with Gasteiger partial charge in [0.05, 0.1) is 0 Å². The minimum absolute atomic E-state index is 0.225. The zero-order valence-electron chi connectivity index (χ0n) is 9.91. The van der Waals surface area contributed by atoms with Crippen molar-refractivity contribution in [3.8, 4) is 0 Å². The third-order valence-corrected chi connectivity index (χ3v) is 3.75. The zero-order valence-corrected chi connectivity index (χ0v) is 11.5. The first kappa shape index (κ1) is 13.4. The molecule has 0 fully saturated rings. The van der Waals surface area contributed by atoms with Crippen molar-refractivity contribution in [1.29, 1.82) is 0 Å². The normalized spacial score (nSPS) is 10.6. The van der Waals surface area contributed by atoms with Gasteiger partial charge in [0.25, 0.3) is 0 Å². The molecule has 0 unspecified atom stereocenters. The van der Waals surface area contributed by atoms with Crippen LogP contribution in [-0.4, -0.2) is 7.05 Å². The molecule has 0 aliphatic heterocycles. The molecule has 0 radical (unpaired) electrons. The van der Waals surface area contributed by atoms with Crippen molar-refractivity contribution in [2.75, 3.05) is 7.05 Å². The lowest BCUT2D eigenvalue weighted by Crippen LogP contribution is -2.05. The largest absolute Gasteiger partial charge is 0.316 e. The van der Waals surface area contributed by atoms with Crippen LogP contribution in [0.4, 0.5) is 4.39 Å². The average molecular weight is 282 g/mol. The Morgan fingerprint density at radius 2 is 2.06 bits per heavy atom. The molecule has 1 N–H and O–H groups in total. The molecule has 0 bridgehead atoms. The summed E-state index contributed by atoms with van der Waals surface area (Å²) >= 11 is 7.52. The summed E-state index contributed by atoms with van der Waals surface area (Å²) in [6, 6.07) is 12.3. The second-order valence-electron chi connectivity index (χ2n) is 3.84. The molecule has 0 saturated carbocycles. The Morgan fingerprint density at radius 1 is 1.22 bits per heavy atom. The molecule has 0 saturated heterocycles. The van der Waals surface area contributed by atoms with E-state index in [1.807, 2.05) is 31.3 Å². The van der Waals surface area contributed by atoms with Crippen LogP contribution in [0.1, 0.15) is 5.56 Å². The van der Waals surface area contributed by atoms with E-state index >= 15 is 0 Å². The van der Waals surface area contributed by atoms with Crippen LogP contribution in [0.2, 0.25) is 5.02 Å². The van der Waals surface area contributed by atoms with Gasteiger partial charge in [-0.15, -0.1) is 0 Å². The molecule has 94 valence electrons. The number of hydrogen-bond acceptors (Lipinski definition) is 2. The lowest BCUT2D eigenvalue weighted by Gasteiger charge is -2.09. The molecule has 4 heteroatoms. The first-order valence-electron chi connectivity index (χ1n) is 5.55. The molecule has 0 spiro atoms. The van der Waals surface area contributed by atoms with Crippen LogP contribution in [0.5, 0.6) is 0 Å². The maximum Gasteiger partial charge on any atom is 0.124 e. The smallest absolute Gasteiger partial charge is 0.124 e. The van der Waals surface area contributed by atoms with Crippen LogP contribution < -0.4 is 5.32 Å². The highest BCUT2D eigenvalue weighted by Gasteiger charge is 2.05. The molecule has 0 heterocycles. The fourth-order valence-electron chi connectivity index (χ4n) is 1.62. The zero-order chi connectivity index (χ0) is 13.0. The molecular weight excluding hydrogens is 269 g/mol. The lowest BCUT2D eigenvalue weighted by molar-refractivity contribution is 0.624. The Labute approximate surface area is 115 Å². The van der Waals surface area contributed by atoms with Crippen LogP contribution in [0, 0.1) is 5.82 Å². The minimum atomic E-state index is -0.225. The number of benzene rings is 2. The van der Waals surface area contributed by atoms with Gasteiger partial charge in [-0.05, 0) is 42.9 Å². The van der Waals surface area contributed by atoms with E-state index in [2.05, 4.69) is 5.32 Å². The maximum atomic E-state index is 13.1. The average Bonchev–Trinajstić information content (AvgIpc) is 2.33. The molecule has 0 aliphatic rings. The maximum absolute atomic E-state index is 13.1. The van der Waals surface area contributed by atoms with Gasteiger partial charge in [-0.25, -0.2) is 4.39 Å². The monoisotopic (exact) mass is 281 g/mol. The van der Waals surface area contributed by atoms with E-state index in [1.54, 1.807) is 6.07 Å². The number of rotatable bonds is 4. The highest BCUT2D eigenvalue weighted by Crippen LogP contribution is 2.32. The summed E-state index contributed by atoms with van der Waals surface area (Å²) in [4.78, 5) is 1.91. The Kier molecular flexibility index (Phi) is 4.64. The van der Waals surface area contributed by atoms with Gasteiger partial charge in [0, 0.05) is 21.4 Å².